The second kappa shape index (κ2) is 5.81. The van der Waals surface area contributed by atoms with Crippen molar-refractivity contribution in [2.45, 2.75) is 37.8 Å². The molecule has 2 aromatic rings. The quantitative estimate of drug-likeness (QED) is 0.893. The van der Waals surface area contributed by atoms with E-state index in [1.54, 1.807) is 18.6 Å². The van der Waals surface area contributed by atoms with E-state index in [2.05, 4.69) is 16.4 Å². The van der Waals surface area contributed by atoms with E-state index in [0.717, 1.165) is 31.4 Å². The van der Waals surface area contributed by atoms with Crippen LogP contribution < -0.4 is 10.1 Å². The predicted molar refractivity (Wildman–Crippen MR) is 88.5 cm³/mol. The molecule has 1 aromatic carbocycles. The van der Waals surface area contributed by atoms with Gasteiger partial charge in [0.05, 0.1) is 23.7 Å². The molecule has 2 aliphatic rings. The fourth-order valence-electron chi connectivity index (χ4n) is 4.04. The number of imidazole rings is 1. The van der Waals surface area contributed by atoms with Crippen LogP contribution in [-0.2, 0) is 0 Å². The molecule has 1 aromatic heterocycles. The smallest absolute Gasteiger partial charge is 0.404 e. The number of aromatic nitrogens is 2. The van der Waals surface area contributed by atoms with E-state index in [4.69, 9.17) is 9.84 Å². The van der Waals surface area contributed by atoms with E-state index in [0.29, 0.717) is 11.3 Å². The van der Waals surface area contributed by atoms with Gasteiger partial charge in [0.2, 0.25) is 0 Å². The van der Waals surface area contributed by atoms with Gasteiger partial charge >= 0.3 is 6.09 Å². The van der Waals surface area contributed by atoms with E-state index >= 15 is 0 Å². The first-order chi connectivity index (χ1) is 12.1. The molecule has 2 aliphatic carbocycles. The Balaban J connectivity index is 1.40. The third-order valence-electron chi connectivity index (χ3n) is 5.19. The average Bonchev–Trinajstić information content (AvgIpc) is 3.04. The number of carbonyl (C=O) groups is 1. The van der Waals surface area contributed by atoms with Crippen LogP contribution in [0.1, 0.15) is 31.2 Å². The fourth-order valence-corrected chi connectivity index (χ4v) is 4.04. The van der Waals surface area contributed by atoms with Gasteiger partial charge in [-0.1, -0.05) is 0 Å². The molecule has 7 nitrogen and oxygen atoms in total. The largest absolute Gasteiger partial charge is 0.489 e. The molecule has 0 bridgehead atoms. The molecular formula is C18H18N4O3. The molecule has 25 heavy (non-hydrogen) atoms. The maximum atomic E-state index is 10.7. The molecule has 1 spiro atoms. The number of rotatable bonds is 4. The molecular weight excluding hydrogens is 320 g/mol. The Morgan fingerprint density at radius 3 is 2.84 bits per heavy atom. The summed E-state index contributed by atoms with van der Waals surface area (Å²) in [5, 5.41) is 20.6. The first-order valence-electron chi connectivity index (χ1n) is 8.25. The monoisotopic (exact) mass is 338 g/mol. The standard InChI is InChI=1S/C18H18N4O3/c19-10-12-1-2-14(22-4-3-20-11-22)5-16(12)25-15-8-18(9-15)6-13(7-18)21-17(23)24/h1-5,11,13,15,21H,6-9H2,(H,23,24). The minimum Gasteiger partial charge on any atom is -0.489 e. The predicted octanol–water partition coefficient (Wildman–Crippen LogP) is 2.70. The number of hydrogen-bond acceptors (Lipinski definition) is 4. The summed E-state index contributed by atoms with van der Waals surface area (Å²) in [6.45, 7) is 0. The molecule has 1 amide bonds. The number of nitrogens with one attached hydrogen (secondary N) is 1. The van der Waals surface area contributed by atoms with Crippen LogP contribution in [0, 0.1) is 16.7 Å². The minimum absolute atomic E-state index is 0.0673. The van der Waals surface area contributed by atoms with Crippen molar-refractivity contribution in [1.29, 1.82) is 5.26 Å². The van der Waals surface area contributed by atoms with Crippen LogP contribution >= 0.6 is 0 Å². The van der Waals surface area contributed by atoms with Crippen molar-refractivity contribution in [2.24, 2.45) is 5.41 Å². The van der Waals surface area contributed by atoms with Crippen molar-refractivity contribution in [3.63, 3.8) is 0 Å². The fraction of sp³-hybridized carbons (Fsp3) is 0.389. The minimum atomic E-state index is -0.957. The molecule has 4 rings (SSSR count). The Morgan fingerprint density at radius 2 is 2.20 bits per heavy atom. The number of benzene rings is 1. The summed E-state index contributed by atoms with van der Waals surface area (Å²) in [6.07, 6.45) is 7.93. The Morgan fingerprint density at radius 1 is 1.40 bits per heavy atom. The van der Waals surface area contributed by atoms with Gasteiger partial charge in [0, 0.05) is 24.5 Å². The zero-order valence-electron chi connectivity index (χ0n) is 13.6. The molecule has 2 saturated carbocycles. The van der Waals surface area contributed by atoms with Gasteiger partial charge in [-0.2, -0.15) is 5.26 Å². The molecule has 0 aliphatic heterocycles. The second-order valence-electron chi connectivity index (χ2n) is 6.96. The molecule has 128 valence electrons. The van der Waals surface area contributed by atoms with Crippen molar-refractivity contribution in [3.8, 4) is 17.5 Å². The number of ether oxygens (including phenoxy) is 1. The third-order valence-corrected chi connectivity index (χ3v) is 5.19. The van der Waals surface area contributed by atoms with Crippen molar-refractivity contribution >= 4 is 6.09 Å². The van der Waals surface area contributed by atoms with Crippen LogP contribution in [0.4, 0.5) is 4.79 Å². The van der Waals surface area contributed by atoms with E-state index in [-0.39, 0.29) is 17.6 Å². The summed E-state index contributed by atoms with van der Waals surface area (Å²) in [6, 6.07) is 7.73. The van der Waals surface area contributed by atoms with Crippen molar-refractivity contribution in [2.75, 3.05) is 0 Å². The molecule has 0 saturated heterocycles. The van der Waals surface area contributed by atoms with E-state index in [9.17, 15) is 10.1 Å². The highest BCUT2D eigenvalue weighted by Gasteiger charge is 2.54. The van der Waals surface area contributed by atoms with E-state index < -0.39 is 6.09 Å². The summed E-state index contributed by atoms with van der Waals surface area (Å²) in [4.78, 5) is 14.7. The summed E-state index contributed by atoms with van der Waals surface area (Å²) in [7, 11) is 0. The lowest BCUT2D eigenvalue weighted by Crippen LogP contribution is -2.58. The van der Waals surface area contributed by atoms with Crippen molar-refractivity contribution in [1.82, 2.24) is 14.9 Å². The Kier molecular flexibility index (Phi) is 3.61. The van der Waals surface area contributed by atoms with Crippen molar-refractivity contribution < 1.29 is 14.6 Å². The molecule has 7 heteroatoms. The zero-order chi connectivity index (χ0) is 17.4. The number of nitrogens with zero attached hydrogens (tertiary/aromatic N) is 3. The van der Waals surface area contributed by atoms with E-state index in [1.807, 2.05) is 22.9 Å². The summed E-state index contributed by atoms with van der Waals surface area (Å²) < 4.78 is 7.93. The van der Waals surface area contributed by atoms with Gasteiger partial charge in [0.25, 0.3) is 0 Å². The van der Waals surface area contributed by atoms with Crippen LogP contribution in [0.15, 0.2) is 36.9 Å². The maximum absolute atomic E-state index is 10.7. The van der Waals surface area contributed by atoms with Crippen LogP contribution in [-0.4, -0.2) is 32.9 Å². The van der Waals surface area contributed by atoms with Gasteiger partial charge in [-0.25, -0.2) is 9.78 Å². The first kappa shape index (κ1) is 15.5. The molecule has 0 unspecified atom stereocenters. The second-order valence-corrected chi connectivity index (χ2v) is 6.96. The van der Waals surface area contributed by atoms with Gasteiger partial charge in [0.1, 0.15) is 11.8 Å². The highest BCUT2D eigenvalue weighted by atomic mass is 16.5. The zero-order valence-corrected chi connectivity index (χ0v) is 13.6. The lowest BCUT2D eigenvalue weighted by atomic mass is 9.53. The summed E-state index contributed by atoms with van der Waals surface area (Å²) >= 11 is 0. The lowest BCUT2D eigenvalue weighted by Gasteiger charge is -2.57. The third kappa shape index (κ3) is 2.91. The highest BCUT2D eigenvalue weighted by Crippen LogP contribution is 2.56. The van der Waals surface area contributed by atoms with Crippen LogP contribution in [0.3, 0.4) is 0 Å². The molecule has 0 atom stereocenters. The number of hydrogen-bond donors (Lipinski definition) is 2. The normalized spacial score (nSPS) is 27.0. The topological polar surface area (TPSA) is 100 Å². The Labute approximate surface area is 144 Å². The van der Waals surface area contributed by atoms with Gasteiger partial charge in [-0.05, 0) is 43.2 Å². The average molecular weight is 338 g/mol. The number of nitriles is 1. The number of carboxylic acid groups (broad SMARTS) is 1. The molecule has 2 fully saturated rings. The SMILES string of the molecule is N#Cc1ccc(-n2ccnc2)cc1OC1CC2(CC(NC(=O)O)C2)C1. The van der Waals surface area contributed by atoms with Gasteiger partial charge in [-0.3, -0.25) is 0 Å². The lowest BCUT2D eigenvalue weighted by molar-refractivity contribution is -0.0837. The van der Waals surface area contributed by atoms with Crippen LogP contribution in [0.5, 0.6) is 5.75 Å². The van der Waals surface area contributed by atoms with Gasteiger partial charge in [-0.15, -0.1) is 0 Å². The summed E-state index contributed by atoms with van der Waals surface area (Å²) in [5.74, 6) is 0.591. The molecule has 1 heterocycles. The van der Waals surface area contributed by atoms with Gasteiger partial charge in [0.15, 0.2) is 0 Å². The Hall–Kier alpha value is -3.01. The van der Waals surface area contributed by atoms with Crippen LogP contribution in [0.2, 0.25) is 0 Å². The number of amides is 1. The highest BCUT2D eigenvalue weighted by molar-refractivity contribution is 5.65. The summed E-state index contributed by atoms with van der Waals surface area (Å²) in [5.41, 5.74) is 1.63. The Bertz CT molecular complexity index is 827. The molecule has 0 radical (unpaired) electrons. The van der Waals surface area contributed by atoms with Gasteiger partial charge < -0.3 is 19.7 Å². The maximum Gasteiger partial charge on any atom is 0.404 e. The first-order valence-corrected chi connectivity index (χ1v) is 8.25. The van der Waals surface area contributed by atoms with E-state index in [1.165, 1.54) is 0 Å². The van der Waals surface area contributed by atoms with Crippen LogP contribution in [0.25, 0.3) is 5.69 Å². The van der Waals surface area contributed by atoms with Crippen molar-refractivity contribution in [3.05, 3.63) is 42.5 Å². The molecule has 2 N–H and O–H groups in total.